The molecule has 0 N–H and O–H groups in total. The lowest BCUT2D eigenvalue weighted by Gasteiger charge is -2.37. The summed E-state index contributed by atoms with van der Waals surface area (Å²) < 4.78 is 0. The molecule has 3 atom stereocenters. The molecule has 2 amide bonds. The van der Waals surface area contributed by atoms with E-state index in [4.69, 9.17) is 0 Å². The first-order valence-electron chi connectivity index (χ1n) is 7.72. The van der Waals surface area contributed by atoms with Gasteiger partial charge in [0.1, 0.15) is 0 Å². The zero-order valence-corrected chi connectivity index (χ0v) is 12.7. The largest absolute Gasteiger partial charge is 0.291 e. The molecule has 3 rings (SSSR count). The van der Waals surface area contributed by atoms with Crippen molar-refractivity contribution in [2.45, 2.75) is 32.7 Å². The van der Waals surface area contributed by atoms with Gasteiger partial charge in [-0.15, -0.1) is 0 Å². The highest BCUT2D eigenvalue weighted by Crippen LogP contribution is 2.29. The van der Waals surface area contributed by atoms with Gasteiger partial charge in [0.15, 0.2) is 0 Å². The molecule has 112 valence electrons. The topological polar surface area (TPSA) is 40.6 Å². The van der Waals surface area contributed by atoms with Crippen molar-refractivity contribution in [1.29, 1.82) is 0 Å². The van der Waals surface area contributed by atoms with Crippen LogP contribution in [0.2, 0.25) is 0 Å². The summed E-state index contributed by atoms with van der Waals surface area (Å²) in [6, 6.07) is 8.96. The number of hydrogen-bond donors (Lipinski definition) is 0. The third kappa shape index (κ3) is 2.72. The number of anilines is 1. The summed E-state index contributed by atoms with van der Waals surface area (Å²) in [5, 5.41) is 0. The Morgan fingerprint density at radius 3 is 2.24 bits per heavy atom. The van der Waals surface area contributed by atoms with E-state index in [9.17, 15) is 9.59 Å². The summed E-state index contributed by atoms with van der Waals surface area (Å²) in [6.45, 7) is 6.27. The Bertz CT molecular complexity index is 533. The van der Waals surface area contributed by atoms with Gasteiger partial charge in [-0.25, -0.2) is 4.90 Å². The molecule has 0 aliphatic carbocycles. The maximum atomic E-state index is 12.7. The first-order valence-corrected chi connectivity index (χ1v) is 7.72. The van der Waals surface area contributed by atoms with E-state index in [1.165, 1.54) is 11.3 Å². The van der Waals surface area contributed by atoms with E-state index in [1.807, 2.05) is 30.3 Å². The Hall–Kier alpha value is -1.68. The van der Waals surface area contributed by atoms with Crippen LogP contribution in [0.25, 0.3) is 0 Å². The van der Waals surface area contributed by atoms with E-state index in [0.29, 0.717) is 23.9 Å². The number of hydrogen-bond acceptors (Lipinski definition) is 3. The number of carbonyl (C=O) groups excluding carboxylic acids is 2. The molecule has 0 saturated carbocycles. The van der Waals surface area contributed by atoms with E-state index < -0.39 is 0 Å². The maximum absolute atomic E-state index is 12.7. The molecule has 0 bridgehead atoms. The lowest BCUT2D eigenvalue weighted by atomic mass is 9.90. The molecular formula is C17H22N2O2. The first kappa shape index (κ1) is 14.3. The van der Waals surface area contributed by atoms with Gasteiger partial charge in [0.2, 0.25) is 5.91 Å². The summed E-state index contributed by atoms with van der Waals surface area (Å²) in [5.74, 6) is 1.03. The molecule has 1 aromatic carbocycles. The number of likely N-dealkylation sites (tertiary alicyclic amines) is 1. The van der Waals surface area contributed by atoms with E-state index in [2.05, 4.69) is 18.7 Å². The van der Waals surface area contributed by atoms with Crippen molar-refractivity contribution in [1.82, 2.24) is 4.90 Å². The molecule has 0 unspecified atom stereocenters. The Kier molecular flexibility index (Phi) is 3.81. The minimum atomic E-state index is -0.275. The van der Waals surface area contributed by atoms with Gasteiger partial charge in [0, 0.05) is 13.1 Å². The highest BCUT2D eigenvalue weighted by Gasteiger charge is 2.43. The number of para-hydroxylation sites is 1. The fraction of sp³-hybridized carbons (Fsp3) is 0.529. The molecule has 0 radical (unpaired) electrons. The van der Waals surface area contributed by atoms with Gasteiger partial charge in [-0.3, -0.25) is 14.5 Å². The van der Waals surface area contributed by atoms with Crippen molar-refractivity contribution in [2.24, 2.45) is 11.8 Å². The average Bonchev–Trinajstić information content (AvgIpc) is 2.74. The van der Waals surface area contributed by atoms with Gasteiger partial charge in [-0.2, -0.15) is 0 Å². The van der Waals surface area contributed by atoms with Crippen LogP contribution in [0, 0.1) is 11.8 Å². The SMILES string of the molecule is C[C@H]1C[C@H](C)CN([C@@H]2CC(=O)N(c3ccccc3)C2=O)C1. The normalized spacial score (nSPS) is 31.0. The molecule has 2 aliphatic rings. The molecule has 2 heterocycles. The number of imide groups is 1. The van der Waals surface area contributed by atoms with Gasteiger partial charge in [-0.1, -0.05) is 32.0 Å². The third-order valence-corrected chi connectivity index (χ3v) is 4.48. The quantitative estimate of drug-likeness (QED) is 0.783. The summed E-state index contributed by atoms with van der Waals surface area (Å²) in [6.07, 6.45) is 1.51. The highest BCUT2D eigenvalue weighted by atomic mass is 16.2. The van der Waals surface area contributed by atoms with Crippen LogP contribution in [-0.4, -0.2) is 35.8 Å². The highest BCUT2D eigenvalue weighted by molar-refractivity contribution is 6.22. The zero-order valence-electron chi connectivity index (χ0n) is 12.7. The fourth-order valence-corrected chi connectivity index (χ4v) is 3.72. The van der Waals surface area contributed by atoms with Crippen LogP contribution in [0.3, 0.4) is 0 Å². The number of amides is 2. The van der Waals surface area contributed by atoms with Crippen LogP contribution < -0.4 is 4.90 Å². The van der Waals surface area contributed by atoms with Crippen LogP contribution in [0.1, 0.15) is 26.7 Å². The summed E-state index contributed by atoms with van der Waals surface area (Å²) in [7, 11) is 0. The molecule has 2 aliphatic heterocycles. The summed E-state index contributed by atoms with van der Waals surface area (Å²) in [5.41, 5.74) is 0.688. The lowest BCUT2D eigenvalue weighted by molar-refractivity contribution is -0.123. The maximum Gasteiger partial charge on any atom is 0.251 e. The smallest absolute Gasteiger partial charge is 0.251 e. The van der Waals surface area contributed by atoms with Gasteiger partial charge >= 0.3 is 0 Å². The van der Waals surface area contributed by atoms with Crippen molar-refractivity contribution in [2.75, 3.05) is 18.0 Å². The van der Waals surface area contributed by atoms with E-state index in [0.717, 1.165) is 13.1 Å². The number of carbonyl (C=O) groups is 2. The van der Waals surface area contributed by atoms with E-state index >= 15 is 0 Å². The van der Waals surface area contributed by atoms with Crippen LogP contribution >= 0.6 is 0 Å². The van der Waals surface area contributed by atoms with Gasteiger partial charge in [0.05, 0.1) is 18.2 Å². The first-order chi connectivity index (χ1) is 10.1. The Morgan fingerprint density at radius 1 is 1.00 bits per heavy atom. The van der Waals surface area contributed by atoms with Crippen molar-refractivity contribution < 1.29 is 9.59 Å². The standard InChI is InChI=1S/C17H22N2O2/c1-12-8-13(2)11-18(10-12)15-9-16(20)19(17(15)21)14-6-4-3-5-7-14/h3-7,12-13,15H,8-11H2,1-2H3/t12-,13-,15+/m0/s1. The second-order valence-electron chi connectivity index (χ2n) is 6.52. The molecule has 0 spiro atoms. The summed E-state index contributed by atoms with van der Waals surface area (Å²) in [4.78, 5) is 28.5. The minimum absolute atomic E-state index is 0.0625. The Labute approximate surface area is 125 Å². The van der Waals surface area contributed by atoms with Gasteiger partial charge < -0.3 is 0 Å². The fourth-order valence-electron chi connectivity index (χ4n) is 3.72. The van der Waals surface area contributed by atoms with Gasteiger partial charge in [-0.05, 0) is 30.4 Å². The molecule has 1 aromatic rings. The Balaban J connectivity index is 1.80. The average molecular weight is 286 g/mol. The van der Waals surface area contributed by atoms with E-state index in [-0.39, 0.29) is 17.9 Å². The van der Waals surface area contributed by atoms with Crippen LogP contribution in [-0.2, 0) is 9.59 Å². The molecule has 2 fully saturated rings. The molecule has 0 aromatic heterocycles. The number of piperidine rings is 1. The van der Waals surface area contributed by atoms with Crippen LogP contribution in [0.5, 0.6) is 0 Å². The minimum Gasteiger partial charge on any atom is -0.291 e. The molecular weight excluding hydrogens is 264 g/mol. The molecule has 4 heteroatoms. The van der Waals surface area contributed by atoms with Crippen LogP contribution in [0.4, 0.5) is 5.69 Å². The third-order valence-electron chi connectivity index (χ3n) is 4.48. The molecule has 21 heavy (non-hydrogen) atoms. The van der Waals surface area contributed by atoms with Gasteiger partial charge in [0.25, 0.3) is 5.91 Å². The molecule has 2 saturated heterocycles. The number of benzene rings is 1. The Morgan fingerprint density at radius 2 is 1.62 bits per heavy atom. The summed E-state index contributed by atoms with van der Waals surface area (Å²) >= 11 is 0. The second-order valence-corrected chi connectivity index (χ2v) is 6.52. The van der Waals surface area contributed by atoms with Crippen LogP contribution in [0.15, 0.2) is 30.3 Å². The second kappa shape index (κ2) is 5.60. The lowest BCUT2D eigenvalue weighted by Crippen LogP contribution is -2.48. The van der Waals surface area contributed by atoms with E-state index in [1.54, 1.807) is 0 Å². The predicted molar refractivity (Wildman–Crippen MR) is 81.9 cm³/mol. The van der Waals surface area contributed by atoms with Crippen molar-refractivity contribution in [3.8, 4) is 0 Å². The van der Waals surface area contributed by atoms with Crippen molar-refractivity contribution in [3.05, 3.63) is 30.3 Å². The zero-order chi connectivity index (χ0) is 15.0. The molecule has 4 nitrogen and oxygen atoms in total. The van der Waals surface area contributed by atoms with Crippen molar-refractivity contribution >= 4 is 17.5 Å². The monoisotopic (exact) mass is 286 g/mol. The predicted octanol–water partition coefficient (Wildman–Crippen LogP) is 2.30. The number of nitrogens with zero attached hydrogens (tertiary/aromatic N) is 2. The van der Waals surface area contributed by atoms with Crippen molar-refractivity contribution in [3.63, 3.8) is 0 Å². The number of rotatable bonds is 2.